The molecule has 19 heteroatoms. The van der Waals surface area contributed by atoms with E-state index >= 15 is 0 Å². The topological polar surface area (TPSA) is 307 Å². The molecule has 0 aromatic rings. The molecule has 3 heterocycles. The lowest BCUT2D eigenvalue weighted by atomic mass is 9.96. The SMILES string of the molecule is CC/C=C\C/C=C\C/C=C\C/C=C\C/C=C\C/C=C\CCCCCCCCC(=O)NC(COC1OC(CO)C(OC2OC(CO)C(OC3OC(CO)C(O)C(O)C3O)C(O)C2O)C(O)C1O)C(O)/C=C/CC/C=C/CC/C=C/CCCCCCCCCCCCCCCCCCCCCCCC. The first-order valence-corrected chi connectivity index (χ1v) is 40.1. The second kappa shape index (κ2) is 62.5. The van der Waals surface area contributed by atoms with E-state index in [1.165, 1.54) is 141 Å². The lowest BCUT2D eigenvalue weighted by Gasteiger charge is -2.48. The number of amides is 1. The number of aliphatic hydroxyl groups excluding tert-OH is 11. The summed E-state index contributed by atoms with van der Waals surface area (Å²) in [5, 5.41) is 121. The van der Waals surface area contributed by atoms with Crippen LogP contribution in [0.4, 0.5) is 0 Å². The van der Waals surface area contributed by atoms with Crippen LogP contribution in [0.15, 0.2) is 109 Å². The molecule has 12 N–H and O–H groups in total. The molecule has 0 aliphatic carbocycles. The molecule has 0 saturated carbocycles. The summed E-state index contributed by atoms with van der Waals surface area (Å²) in [6.07, 6.45) is 59.4. The van der Waals surface area contributed by atoms with E-state index in [-0.39, 0.29) is 18.9 Å². The molecule has 3 saturated heterocycles. The van der Waals surface area contributed by atoms with Crippen molar-refractivity contribution in [2.75, 3.05) is 26.4 Å². The highest BCUT2D eigenvalue weighted by molar-refractivity contribution is 5.76. The van der Waals surface area contributed by atoms with Crippen molar-refractivity contribution in [3.8, 4) is 0 Å². The third-order valence-corrected chi connectivity index (χ3v) is 19.3. The van der Waals surface area contributed by atoms with E-state index in [4.69, 9.17) is 28.4 Å². The normalized spacial score (nSPS) is 26.8. The molecule has 0 bridgehead atoms. The molecule has 19 nitrogen and oxygen atoms in total. The minimum atomic E-state index is -1.99. The average molecular weight is 1440 g/mol. The van der Waals surface area contributed by atoms with Crippen LogP contribution in [-0.4, -0.2) is 193 Å². The number of carbonyl (C=O) groups excluding carboxylic acids is 1. The third kappa shape index (κ3) is 42.1. The maximum absolute atomic E-state index is 13.5. The van der Waals surface area contributed by atoms with Gasteiger partial charge in [0, 0.05) is 6.42 Å². The largest absolute Gasteiger partial charge is 0.394 e. The molecule has 17 atom stereocenters. The van der Waals surface area contributed by atoms with E-state index < -0.39 is 124 Å². The molecule has 3 fully saturated rings. The van der Waals surface area contributed by atoms with Crippen molar-refractivity contribution in [1.82, 2.24) is 5.32 Å². The van der Waals surface area contributed by atoms with E-state index in [2.05, 4.69) is 116 Å². The zero-order chi connectivity index (χ0) is 73.9. The molecule has 0 aromatic carbocycles. The van der Waals surface area contributed by atoms with Crippen LogP contribution in [0.2, 0.25) is 0 Å². The van der Waals surface area contributed by atoms with Crippen LogP contribution in [0.3, 0.4) is 0 Å². The summed E-state index contributed by atoms with van der Waals surface area (Å²) >= 11 is 0. The minimum absolute atomic E-state index is 0.208. The number of unbranched alkanes of at least 4 members (excludes halogenated alkanes) is 30. The first kappa shape index (κ1) is 92.7. The molecule has 3 aliphatic rings. The summed E-state index contributed by atoms with van der Waals surface area (Å²) in [4.78, 5) is 13.5. The third-order valence-electron chi connectivity index (χ3n) is 19.3. The zero-order valence-electron chi connectivity index (χ0n) is 62.8. The molecule has 3 rings (SSSR count). The molecule has 3 aliphatic heterocycles. The van der Waals surface area contributed by atoms with E-state index in [1.54, 1.807) is 6.08 Å². The Balaban J connectivity index is 1.41. The standard InChI is InChI=1S/C83H143NO18/c1-3-5-7-9-11-13-15-17-19-21-23-25-27-29-30-31-32-33-34-35-37-38-40-42-44-46-48-50-52-54-56-58-60-67(88)66(84-71(89)61-59-57-55-53-51-49-47-45-43-41-39-36-28-26-24-22-20-18-16-14-12-10-8-6-4-2)65-97-81-77(95)74(92)79(69(63-86)99-81)102-83-78(96)75(93)80(70(64-87)100-83)101-82-76(94)73(91)72(90)68(62-85)98-82/h6,8,12,14,18,20,24,26,36,39,42-45,50,52,58,60,66-70,72-83,85-88,90-96H,3-5,7,9-11,13,15-17,19,21-23,25,27-35,37-38,40-41,46-49,51,53-57,59,61-65H2,1-2H3,(H,84,89)/b8-6-,14-12-,20-18-,26-24-,39-36-,44-42+,45-43-,52-50+,60-58+. The summed E-state index contributed by atoms with van der Waals surface area (Å²) in [5.74, 6) is -0.307. The van der Waals surface area contributed by atoms with E-state index in [0.29, 0.717) is 12.8 Å². The summed E-state index contributed by atoms with van der Waals surface area (Å²) in [7, 11) is 0. The molecule has 0 radical (unpaired) electrons. The van der Waals surface area contributed by atoms with Gasteiger partial charge in [-0.2, -0.15) is 0 Å². The van der Waals surface area contributed by atoms with E-state index in [9.17, 15) is 61.0 Å². The van der Waals surface area contributed by atoms with Crippen LogP contribution in [-0.2, 0) is 33.2 Å². The van der Waals surface area contributed by atoms with Gasteiger partial charge >= 0.3 is 0 Å². The van der Waals surface area contributed by atoms with Gasteiger partial charge in [-0.1, -0.05) is 284 Å². The number of ether oxygens (including phenoxy) is 6. The van der Waals surface area contributed by atoms with Gasteiger partial charge in [-0.05, 0) is 96.3 Å². The number of allylic oxidation sites excluding steroid dienone is 17. The quantitative estimate of drug-likeness (QED) is 0.0199. The van der Waals surface area contributed by atoms with E-state index in [0.717, 1.165) is 103 Å². The van der Waals surface area contributed by atoms with Crippen LogP contribution < -0.4 is 5.32 Å². The molecule has 0 aromatic heterocycles. The van der Waals surface area contributed by atoms with Crippen LogP contribution in [0, 0.1) is 0 Å². The smallest absolute Gasteiger partial charge is 0.220 e. The molecular weight excluding hydrogens is 1300 g/mol. The Kier molecular flexibility index (Phi) is 56.8. The first-order valence-electron chi connectivity index (χ1n) is 40.1. The monoisotopic (exact) mass is 1440 g/mol. The summed E-state index contributed by atoms with van der Waals surface area (Å²) in [6, 6.07) is -1.01. The lowest BCUT2D eigenvalue weighted by Crippen LogP contribution is -2.66. The van der Waals surface area contributed by atoms with Gasteiger partial charge in [0.05, 0.1) is 38.6 Å². The van der Waals surface area contributed by atoms with E-state index in [1.807, 2.05) is 6.08 Å². The number of rotatable bonds is 62. The highest BCUT2D eigenvalue weighted by Crippen LogP contribution is 2.33. The summed E-state index contributed by atoms with van der Waals surface area (Å²) in [6.45, 7) is 1.60. The van der Waals surface area contributed by atoms with Crippen LogP contribution in [0.25, 0.3) is 0 Å². The van der Waals surface area contributed by atoms with Crippen LogP contribution in [0.1, 0.15) is 277 Å². The fourth-order valence-corrected chi connectivity index (χ4v) is 12.9. The second-order valence-corrected chi connectivity index (χ2v) is 28.1. The maximum atomic E-state index is 13.5. The Morgan fingerprint density at radius 1 is 0.363 bits per heavy atom. The van der Waals surface area contributed by atoms with Gasteiger partial charge < -0.3 is 89.9 Å². The number of carbonyl (C=O) groups is 1. The molecular formula is C83H143NO18. The summed E-state index contributed by atoms with van der Waals surface area (Å²) < 4.78 is 34.4. The predicted molar refractivity (Wildman–Crippen MR) is 406 cm³/mol. The number of hydrogen-bond donors (Lipinski definition) is 12. The van der Waals surface area contributed by atoms with Gasteiger partial charge in [0.25, 0.3) is 0 Å². The first-order chi connectivity index (χ1) is 49.8. The molecule has 0 spiro atoms. The zero-order valence-corrected chi connectivity index (χ0v) is 62.8. The van der Waals surface area contributed by atoms with Crippen molar-refractivity contribution >= 4 is 5.91 Å². The number of aliphatic hydroxyl groups is 11. The van der Waals surface area contributed by atoms with Crippen molar-refractivity contribution in [3.05, 3.63) is 109 Å². The van der Waals surface area contributed by atoms with Crippen molar-refractivity contribution in [2.24, 2.45) is 0 Å². The Hall–Kier alpha value is -3.55. The van der Waals surface area contributed by atoms with Crippen LogP contribution in [0.5, 0.6) is 0 Å². The molecule has 102 heavy (non-hydrogen) atoms. The fraction of sp³-hybridized carbons (Fsp3) is 0.771. The fourth-order valence-electron chi connectivity index (χ4n) is 12.9. The average Bonchev–Trinajstić information content (AvgIpc) is 0.781. The van der Waals surface area contributed by atoms with Crippen LogP contribution >= 0.6 is 0 Å². The van der Waals surface area contributed by atoms with Crippen molar-refractivity contribution in [3.63, 3.8) is 0 Å². The highest BCUT2D eigenvalue weighted by atomic mass is 16.8. The van der Waals surface area contributed by atoms with Gasteiger partial charge in [-0.25, -0.2) is 0 Å². The Labute approximate surface area is 615 Å². The summed E-state index contributed by atoms with van der Waals surface area (Å²) in [5.41, 5.74) is 0. The van der Waals surface area contributed by atoms with Crippen molar-refractivity contribution in [1.29, 1.82) is 0 Å². The Morgan fingerprint density at radius 2 is 0.686 bits per heavy atom. The van der Waals surface area contributed by atoms with Gasteiger partial charge in [0.2, 0.25) is 5.91 Å². The predicted octanol–water partition coefficient (Wildman–Crippen LogP) is 13.3. The van der Waals surface area contributed by atoms with Crippen molar-refractivity contribution < 1.29 is 89.4 Å². The van der Waals surface area contributed by atoms with Crippen molar-refractivity contribution in [2.45, 2.75) is 381 Å². The Morgan fingerprint density at radius 3 is 1.10 bits per heavy atom. The second-order valence-electron chi connectivity index (χ2n) is 28.1. The van der Waals surface area contributed by atoms with Gasteiger partial charge in [-0.15, -0.1) is 0 Å². The lowest BCUT2D eigenvalue weighted by molar-refractivity contribution is -0.379. The number of nitrogens with one attached hydrogen (secondary N) is 1. The molecule has 588 valence electrons. The highest BCUT2D eigenvalue weighted by Gasteiger charge is 2.54. The van der Waals surface area contributed by atoms with Gasteiger partial charge in [0.1, 0.15) is 73.2 Å². The molecule has 1 amide bonds. The number of hydrogen-bond acceptors (Lipinski definition) is 18. The minimum Gasteiger partial charge on any atom is -0.394 e. The maximum Gasteiger partial charge on any atom is 0.220 e. The Bertz CT molecular complexity index is 2270. The van der Waals surface area contributed by atoms with Gasteiger partial charge in [-0.3, -0.25) is 4.79 Å². The van der Waals surface area contributed by atoms with Gasteiger partial charge in [0.15, 0.2) is 18.9 Å². The molecule has 17 unspecified atom stereocenters.